The maximum Gasteiger partial charge on any atom is 0.244 e. The minimum atomic E-state index is -0.399. The Hall–Kier alpha value is -1.43. The molecule has 15 heavy (non-hydrogen) atoms. The summed E-state index contributed by atoms with van der Waals surface area (Å²) in [6.45, 7) is 4.22. The molecule has 1 aromatic heterocycles. The monoisotopic (exact) mass is 212 g/mol. The van der Waals surface area contributed by atoms with Crippen molar-refractivity contribution >= 4 is 5.91 Å². The molecule has 0 aliphatic heterocycles. The van der Waals surface area contributed by atoms with Crippen molar-refractivity contribution in [3.05, 3.63) is 11.9 Å². The van der Waals surface area contributed by atoms with Crippen LogP contribution in [0.2, 0.25) is 0 Å². The molecule has 0 fully saturated rings. The zero-order chi connectivity index (χ0) is 11.3. The standard InChI is InChI=1S/C9H16N4O2/c1-3-4-10-9(15)7(2)13-5-8(6-14)11-12-13/h5,7,14H,3-4,6H2,1-2H3,(H,10,15). The third-order valence-corrected chi connectivity index (χ3v) is 2.05. The maximum absolute atomic E-state index is 11.5. The van der Waals surface area contributed by atoms with Gasteiger partial charge in [0.05, 0.1) is 12.8 Å². The Labute approximate surface area is 88.3 Å². The van der Waals surface area contributed by atoms with Gasteiger partial charge in [-0.15, -0.1) is 5.10 Å². The third-order valence-electron chi connectivity index (χ3n) is 2.05. The first kappa shape index (κ1) is 11.6. The van der Waals surface area contributed by atoms with Gasteiger partial charge in [-0.3, -0.25) is 4.79 Å². The van der Waals surface area contributed by atoms with Crippen LogP contribution in [0.4, 0.5) is 0 Å². The van der Waals surface area contributed by atoms with E-state index in [1.165, 1.54) is 4.68 Å². The number of amides is 1. The molecule has 1 amide bonds. The number of hydrogen-bond donors (Lipinski definition) is 2. The van der Waals surface area contributed by atoms with Crippen molar-refractivity contribution in [2.24, 2.45) is 0 Å². The fraction of sp³-hybridized carbons (Fsp3) is 0.667. The van der Waals surface area contributed by atoms with Gasteiger partial charge in [-0.25, -0.2) is 4.68 Å². The van der Waals surface area contributed by atoms with Crippen LogP contribution in [-0.4, -0.2) is 32.6 Å². The second-order valence-corrected chi connectivity index (χ2v) is 3.32. The van der Waals surface area contributed by atoms with E-state index in [9.17, 15) is 4.79 Å². The molecule has 0 saturated carbocycles. The lowest BCUT2D eigenvalue weighted by atomic mass is 10.3. The van der Waals surface area contributed by atoms with Gasteiger partial charge >= 0.3 is 0 Å². The summed E-state index contributed by atoms with van der Waals surface area (Å²) in [7, 11) is 0. The molecular weight excluding hydrogens is 196 g/mol. The predicted molar refractivity (Wildman–Crippen MR) is 54.0 cm³/mol. The molecule has 1 atom stereocenters. The Morgan fingerprint density at radius 3 is 3.00 bits per heavy atom. The number of aliphatic hydroxyl groups excluding tert-OH is 1. The van der Waals surface area contributed by atoms with Crippen LogP contribution in [0.15, 0.2) is 6.20 Å². The van der Waals surface area contributed by atoms with Gasteiger partial charge in [0.15, 0.2) is 0 Å². The van der Waals surface area contributed by atoms with E-state index < -0.39 is 6.04 Å². The first-order chi connectivity index (χ1) is 7.19. The Balaban J connectivity index is 2.59. The smallest absolute Gasteiger partial charge is 0.244 e. The highest BCUT2D eigenvalue weighted by Gasteiger charge is 2.15. The highest BCUT2D eigenvalue weighted by Crippen LogP contribution is 2.04. The number of aromatic nitrogens is 3. The maximum atomic E-state index is 11.5. The Morgan fingerprint density at radius 1 is 1.73 bits per heavy atom. The van der Waals surface area contributed by atoms with E-state index in [0.29, 0.717) is 12.2 Å². The van der Waals surface area contributed by atoms with Crippen LogP contribution in [0.3, 0.4) is 0 Å². The number of carbonyl (C=O) groups is 1. The van der Waals surface area contributed by atoms with E-state index in [0.717, 1.165) is 6.42 Å². The topological polar surface area (TPSA) is 80.0 Å². The zero-order valence-electron chi connectivity index (χ0n) is 8.97. The number of nitrogens with one attached hydrogen (secondary N) is 1. The van der Waals surface area contributed by atoms with Crippen molar-refractivity contribution < 1.29 is 9.90 Å². The van der Waals surface area contributed by atoms with Crippen molar-refractivity contribution in [1.29, 1.82) is 0 Å². The summed E-state index contributed by atoms with van der Waals surface area (Å²) in [5.41, 5.74) is 0.463. The van der Waals surface area contributed by atoms with E-state index >= 15 is 0 Å². The molecule has 0 spiro atoms. The molecule has 0 aromatic carbocycles. The molecule has 1 heterocycles. The van der Waals surface area contributed by atoms with Crippen molar-refractivity contribution in [3.63, 3.8) is 0 Å². The molecule has 1 unspecified atom stereocenters. The van der Waals surface area contributed by atoms with Crippen molar-refractivity contribution in [1.82, 2.24) is 20.3 Å². The van der Waals surface area contributed by atoms with Crippen molar-refractivity contribution in [2.75, 3.05) is 6.54 Å². The van der Waals surface area contributed by atoms with E-state index in [-0.39, 0.29) is 12.5 Å². The third kappa shape index (κ3) is 3.02. The summed E-state index contributed by atoms with van der Waals surface area (Å²) in [5, 5.41) is 19.0. The van der Waals surface area contributed by atoms with E-state index in [1.54, 1.807) is 13.1 Å². The number of carbonyl (C=O) groups excluding carboxylic acids is 1. The number of hydrogen-bond acceptors (Lipinski definition) is 4. The van der Waals surface area contributed by atoms with E-state index in [2.05, 4.69) is 15.6 Å². The summed E-state index contributed by atoms with van der Waals surface area (Å²) < 4.78 is 1.44. The first-order valence-electron chi connectivity index (χ1n) is 4.98. The molecule has 0 radical (unpaired) electrons. The highest BCUT2D eigenvalue weighted by atomic mass is 16.3. The van der Waals surface area contributed by atoms with Crippen LogP contribution in [0, 0.1) is 0 Å². The van der Waals surface area contributed by atoms with Gasteiger partial charge in [0, 0.05) is 6.54 Å². The van der Waals surface area contributed by atoms with Gasteiger partial charge < -0.3 is 10.4 Å². The molecule has 84 valence electrons. The second-order valence-electron chi connectivity index (χ2n) is 3.32. The van der Waals surface area contributed by atoms with Crippen LogP contribution in [0.25, 0.3) is 0 Å². The van der Waals surface area contributed by atoms with Crippen LogP contribution < -0.4 is 5.32 Å². The average molecular weight is 212 g/mol. The van der Waals surface area contributed by atoms with Gasteiger partial charge in [-0.1, -0.05) is 12.1 Å². The Morgan fingerprint density at radius 2 is 2.47 bits per heavy atom. The van der Waals surface area contributed by atoms with Gasteiger partial charge in [-0.2, -0.15) is 0 Å². The number of aliphatic hydroxyl groups is 1. The van der Waals surface area contributed by atoms with Crippen LogP contribution in [0.5, 0.6) is 0 Å². The molecule has 1 rings (SSSR count). The molecule has 2 N–H and O–H groups in total. The second kappa shape index (κ2) is 5.45. The Kier molecular flexibility index (Phi) is 4.23. The minimum Gasteiger partial charge on any atom is -0.390 e. The highest BCUT2D eigenvalue weighted by molar-refractivity contribution is 5.79. The summed E-state index contributed by atoms with van der Waals surface area (Å²) in [5.74, 6) is -0.0914. The van der Waals surface area contributed by atoms with E-state index in [4.69, 9.17) is 5.11 Å². The summed E-state index contributed by atoms with van der Waals surface area (Å²) >= 11 is 0. The molecule has 6 nitrogen and oxygen atoms in total. The number of nitrogens with zero attached hydrogens (tertiary/aromatic N) is 3. The predicted octanol–water partition coefficient (Wildman–Crippen LogP) is -0.142. The van der Waals surface area contributed by atoms with Gasteiger partial charge in [0.2, 0.25) is 5.91 Å². The van der Waals surface area contributed by atoms with Crippen LogP contribution in [-0.2, 0) is 11.4 Å². The lowest BCUT2D eigenvalue weighted by Gasteiger charge is -2.10. The molecule has 6 heteroatoms. The first-order valence-corrected chi connectivity index (χ1v) is 4.98. The fourth-order valence-corrected chi connectivity index (χ4v) is 1.09. The quantitative estimate of drug-likeness (QED) is 0.711. The van der Waals surface area contributed by atoms with Crippen LogP contribution >= 0.6 is 0 Å². The molecule has 0 aliphatic carbocycles. The fourth-order valence-electron chi connectivity index (χ4n) is 1.09. The van der Waals surface area contributed by atoms with Crippen molar-refractivity contribution in [2.45, 2.75) is 32.9 Å². The van der Waals surface area contributed by atoms with Gasteiger partial charge in [0.1, 0.15) is 11.7 Å². The largest absolute Gasteiger partial charge is 0.390 e. The molecule has 0 saturated heterocycles. The zero-order valence-corrected chi connectivity index (χ0v) is 8.97. The SMILES string of the molecule is CCCNC(=O)C(C)n1cc(CO)nn1. The average Bonchev–Trinajstić information content (AvgIpc) is 2.73. The lowest BCUT2D eigenvalue weighted by Crippen LogP contribution is -2.31. The van der Waals surface area contributed by atoms with Gasteiger partial charge in [-0.05, 0) is 13.3 Å². The minimum absolute atomic E-state index is 0.0914. The molecule has 0 bridgehead atoms. The summed E-state index contributed by atoms with van der Waals surface area (Å²) in [4.78, 5) is 11.5. The molecular formula is C9H16N4O2. The Bertz CT molecular complexity index is 324. The lowest BCUT2D eigenvalue weighted by molar-refractivity contribution is -0.124. The molecule has 0 aliphatic rings. The van der Waals surface area contributed by atoms with Crippen molar-refractivity contribution in [3.8, 4) is 0 Å². The summed E-state index contributed by atoms with van der Waals surface area (Å²) in [6, 6.07) is -0.399. The molecule has 1 aromatic rings. The van der Waals surface area contributed by atoms with Gasteiger partial charge in [0.25, 0.3) is 0 Å². The summed E-state index contributed by atoms with van der Waals surface area (Å²) in [6.07, 6.45) is 2.47. The van der Waals surface area contributed by atoms with Crippen LogP contribution in [0.1, 0.15) is 32.0 Å². The van der Waals surface area contributed by atoms with E-state index in [1.807, 2.05) is 6.92 Å². The normalized spacial score (nSPS) is 12.5. The number of rotatable bonds is 5.